The normalized spacial score (nSPS) is 16.0. The highest BCUT2D eigenvalue weighted by Crippen LogP contribution is 2.35. The first kappa shape index (κ1) is 19.0. The Balaban J connectivity index is 1.82. The van der Waals surface area contributed by atoms with Crippen LogP contribution in [0.1, 0.15) is 16.8 Å². The second-order valence-corrected chi connectivity index (χ2v) is 6.74. The van der Waals surface area contributed by atoms with Gasteiger partial charge in [0.2, 0.25) is 0 Å². The molecule has 7 heteroatoms. The minimum absolute atomic E-state index is 0.113. The molecule has 0 aromatic heterocycles. The first-order chi connectivity index (χ1) is 11.5. The van der Waals surface area contributed by atoms with E-state index in [-0.39, 0.29) is 5.91 Å². The Kier molecular flexibility index (Phi) is 7.33. The van der Waals surface area contributed by atoms with Gasteiger partial charge in [-0.2, -0.15) is 0 Å². The molecule has 1 heterocycles. The molecule has 0 unspecified atom stereocenters. The van der Waals surface area contributed by atoms with Crippen LogP contribution >= 0.6 is 15.9 Å². The average molecular weight is 400 g/mol. The highest BCUT2D eigenvalue weighted by Gasteiger charge is 2.15. The highest BCUT2D eigenvalue weighted by molar-refractivity contribution is 9.10. The molecule has 1 aliphatic heterocycles. The zero-order chi connectivity index (χ0) is 17.5. The molecule has 2 rings (SSSR count). The molecule has 24 heavy (non-hydrogen) atoms. The molecule has 134 valence electrons. The van der Waals surface area contributed by atoms with E-state index in [1.54, 1.807) is 26.4 Å². The zero-order valence-electron chi connectivity index (χ0n) is 14.6. The molecule has 0 bridgehead atoms. The number of hydrogen-bond acceptors (Lipinski definition) is 5. The van der Waals surface area contributed by atoms with E-state index in [0.717, 1.165) is 39.1 Å². The van der Waals surface area contributed by atoms with E-state index < -0.39 is 0 Å². The lowest BCUT2D eigenvalue weighted by Gasteiger charge is -2.32. The van der Waals surface area contributed by atoms with Crippen molar-refractivity contribution in [3.05, 3.63) is 22.2 Å². The van der Waals surface area contributed by atoms with Gasteiger partial charge >= 0.3 is 0 Å². The van der Waals surface area contributed by atoms with Gasteiger partial charge in [0.25, 0.3) is 5.91 Å². The van der Waals surface area contributed by atoms with Crippen molar-refractivity contribution in [1.29, 1.82) is 0 Å². The number of carbonyl (C=O) groups is 1. The SMILES string of the molecule is COc1cc(C(=O)NCCCN2CCN(C)CC2)cc(OC)c1Br. The van der Waals surface area contributed by atoms with Gasteiger partial charge < -0.3 is 24.6 Å². The van der Waals surface area contributed by atoms with Crippen LogP contribution in [0, 0.1) is 0 Å². The second kappa shape index (κ2) is 9.25. The number of carbonyl (C=O) groups excluding carboxylic acids is 1. The van der Waals surface area contributed by atoms with Crippen molar-refractivity contribution >= 4 is 21.8 Å². The highest BCUT2D eigenvalue weighted by atomic mass is 79.9. The maximum absolute atomic E-state index is 12.3. The van der Waals surface area contributed by atoms with E-state index in [1.165, 1.54) is 0 Å². The van der Waals surface area contributed by atoms with E-state index in [2.05, 4.69) is 38.1 Å². The van der Waals surface area contributed by atoms with Crippen LogP contribution in [0.5, 0.6) is 11.5 Å². The van der Waals surface area contributed by atoms with Crippen molar-refractivity contribution < 1.29 is 14.3 Å². The molecule has 1 aliphatic rings. The Morgan fingerprint density at radius 1 is 1.17 bits per heavy atom. The molecule has 6 nitrogen and oxygen atoms in total. The maximum Gasteiger partial charge on any atom is 0.251 e. The van der Waals surface area contributed by atoms with E-state index in [9.17, 15) is 4.79 Å². The smallest absolute Gasteiger partial charge is 0.251 e. The quantitative estimate of drug-likeness (QED) is 0.708. The van der Waals surface area contributed by atoms with Crippen LogP contribution in [0.15, 0.2) is 16.6 Å². The van der Waals surface area contributed by atoms with E-state index in [0.29, 0.717) is 28.1 Å². The van der Waals surface area contributed by atoms with Crippen molar-refractivity contribution in [3.8, 4) is 11.5 Å². The summed E-state index contributed by atoms with van der Waals surface area (Å²) in [6, 6.07) is 3.42. The fraction of sp³-hybridized carbons (Fsp3) is 0.588. The molecule has 0 atom stereocenters. The first-order valence-corrected chi connectivity index (χ1v) is 8.95. The number of methoxy groups -OCH3 is 2. The lowest BCUT2D eigenvalue weighted by atomic mass is 10.2. The molecule has 1 saturated heterocycles. The van der Waals surface area contributed by atoms with Crippen LogP contribution in [0.4, 0.5) is 0 Å². The molecule has 0 radical (unpaired) electrons. The lowest BCUT2D eigenvalue weighted by molar-refractivity contribution is 0.0948. The van der Waals surface area contributed by atoms with Crippen LogP contribution in [-0.4, -0.2) is 76.2 Å². The summed E-state index contributed by atoms with van der Waals surface area (Å²) in [5.41, 5.74) is 0.534. The Bertz CT molecular complexity index is 535. The van der Waals surface area contributed by atoms with E-state index in [1.807, 2.05) is 0 Å². The number of likely N-dealkylation sites (N-methyl/N-ethyl adjacent to an activating group) is 1. The van der Waals surface area contributed by atoms with Crippen molar-refractivity contribution in [1.82, 2.24) is 15.1 Å². The number of hydrogen-bond donors (Lipinski definition) is 1. The van der Waals surface area contributed by atoms with Crippen molar-refractivity contribution in [2.45, 2.75) is 6.42 Å². The van der Waals surface area contributed by atoms with Crippen molar-refractivity contribution in [2.24, 2.45) is 0 Å². The van der Waals surface area contributed by atoms with Gasteiger partial charge in [-0.05, 0) is 48.1 Å². The summed E-state index contributed by atoms with van der Waals surface area (Å²) in [6.07, 6.45) is 0.945. The van der Waals surface area contributed by atoms with Gasteiger partial charge in [0.1, 0.15) is 16.0 Å². The Morgan fingerprint density at radius 2 is 1.75 bits per heavy atom. The standard InChI is InChI=1S/C17H26BrN3O3/c1-20-7-9-21(10-8-20)6-4-5-19-17(22)13-11-14(23-2)16(18)15(12-13)24-3/h11-12H,4-10H2,1-3H3,(H,19,22). The van der Waals surface area contributed by atoms with Gasteiger partial charge in [0.15, 0.2) is 0 Å². The summed E-state index contributed by atoms with van der Waals surface area (Å²) >= 11 is 3.41. The minimum atomic E-state index is -0.113. The molecule has 1 N–H and O–H groups in total. The van der Waals surface area contributed by atoms with Gasteiger partial charge in [-0.15, -0.1) is 0 Å². The molecule has 0 spiro atoms. The van der Waals surface area contributed by atoms with Crippen LogP contribution in [0.2, 0.25) is 0 Å². The number of nitrogens with one attached hydrogen (secondary N) is 1. The lowest BCUT2D eigenvalue weighted by Crippen LogP contribution is -2.45. The monoisotopic (exact) mass is 399 g/mol. The average Bonchev–Trinajstić information content (AvgIpc) is 2.60. The van der Waals surface area contributed by atoms with Gasteiger partial charge in [-0.25, -0.2) is 0 Å². The largest absolute Gasteiger partial charge is 0.495 e. The van der Waals surface area contributed by atoms with Gasteiger partial charge in [-0.1, -0.05) is 0 Å². The minimum Gasteiger partial charge on any atom is -0.495 e. The molecule has 0 aliphatic carbocycles. The van der Waals surface area contributed by atoms with Crippen LogP contribution < -0.4 is 14.8 Å². The second-order valence-electron chi connectivity index (χ2n) is 5.95. The molecule has 0 saturated carbocycles. The summed E-state index contributed by atoms with van der Waals surface area (Å²) in [7, 11) is 5.28. The summed E-state index contributed by atoms with van der Waals surface area (Å²) < 4.78 is 11.3. The van der Waals surface area contributed by atoms with Crippen molar-refractivity contribution in [2.75, 3.05) is 60.5 Å². The zero-order valence-corrected chi connectivity index (χ0v) is 16.2. The van der Waals surface area contributed by atoms with Crippen molar-refractivity contribution in [3.63, 3.8) is 0 Å². The van der Waals surface area contributed by atoms with Crippen LogP contribution in [0.3, 0.4) is 0 Å². The van der Waals surface area contributed by atoms with E-state index in [4.69, 9.17) is 9.47 Å². The fourth-order valence-electron chi connectivity index (χ4n) is 2.68. The number of rotatable bonds is 7. The molecule has 1 aromatic rings. The van der Waals surface area contributed by atoms with Crippen LogP contribution in [0.25, 0.3) is 0 Å². The predicted molar refractivity (Wildman–Crippen MR) is 98.1 cm³/mol. The predicted octanol–water partition coefficient (Wildman–Crippen LogP) is 1.83. The van der Waals surface area contributed by atoms with Gasteiger partial charge in [-0.3, -0.25) is 4.79 Å². The number of nitrogens with zero attached hydrogens (tertiary/aromatic N) is 2. The summed E-state index contributed by atoms with van der Waals surface area (Å²) in [6.45, 7) is 6.11. The topological polar surface area (TPSA) is 54.0 Å². The molecule has 1 aromatic carbocycles. The van der Waals surface area contributed by atoms with E-state index >= 15 is 0 Å². The third kappa shape index (κ3) is 5.09. The third-order valence-electron chi connectivity index (χ3n) is 4.24. The third-order valence-corrected chi connectivity index (χ3v) is 5.02. The Labute approximate surface area is 152 Å². The summed E-state index contributed by atoms with van der Waals surface area (Å²) in [4.78, 5) is 17.1. The number of amides is 1. The summed E-state index contributed by atoms with van der Waals surface area (Å²) in [5, 5.41) is 2.97. The number of piperazine rings is 1. The molecule has 1 amide bonds. The first-order valence-electron chi connectivity index (χ1n) is 8.15. The Morgan fingerprint density at radius 3 is 2.29 bits per heavy atom. The Hall–Kier alpha value is -1.31. The van der Waals surface area contributed by atoms with Gasteiger partial charge in [0, 0.05) is 38.3 Å². The number of ether oxygens (including phenoxy) is 2. The number of halogens is 1. The van der Waals surface area contributed by atoms with Gasteiger partial charge in [0.05, 0.1) is 14.2 Å². The van der Waals surface area contributed by atoms with Crippen LogP contribution in [-0.2, 0) is 0 Å². The molecular weight excluding hydrogens is 374 g/mol. The fourth-order valence-corrected chi connectivity index (χ4v) is 3.23. The summed E-state index contributed by atoms with van der Waals surface area (Å²) in [5.74, 6) is 1.05. The maximum atomic E-state index is 12.3. The number of benzene rings is 1. The molecular formula is C17H26BrN3O3. The molecule has 1 fully saturated rings.